The fourth-order valence-electron chi connectivity index (χ4n) is 3.37. The molecule has 1 amide bonds. The number of aromatic nitrogens is 2. The predicted octanol–water partition coefficient (Wildman–Crippen LogP) is 6.19. The Kier molecular flexibility index (Phi) is 7.09. The van der Waals surface area contributed by atoms with E-state index in [1.54, 1.807) is 41.9 Å². The molecule has 0 aliphatic heterocycles. The number of hydrogen-bond donors (Lipinski definition) is 1. The number of carbonyl (C=O) groups excluding carboxylic acids is 1. The van der Waals surface area contributed by atoms with E-state index in [9.17, 15) is 14.9 Å². The molecule has 0 aliphatic rings. The summed E-state index contributed by atoms with van der Waals surface area (Å²) in [4.78, 5) is 23.1. The number of carbonyl (C=O) groups is 1. The molecule has 4 rings (SSSR count). The van der Waals surface area contributed by atoms with E-state index < -0.39 is 10.8 Å². The molecule has 0 fully saturated rings. The zero-order valence-corrected chi connectivity index (χ0v) is 20.3. The first-order chi connectivity index (χ1) is 16.7. The highest BCUT2D eigenvalue weighted by molar-refractivity contribution is 6.42. The van der Waals surface area contributed by atoms with Crippen molar-refractivity contribution in [3.8, 4) is 5.75 Å². The van der Waals surface area contributed by atoms with Crippen LogP contribution >= 0.6 is 23.2 Å². The summed E-state index contributed by atoms with van der Waals surface area (Å²) in [6.45, 7) is 4.03. The van der Waals surface area contributed by atoms with Crippen molar-refractivity contribution in [3.05, 3.63) is 103 Å². The smallest absolute Gasteiger partial charge is 0.292 e. The first-order valence-corrected chi connectivity index (χ1v) is 11.2. The molecule has 35 heavy (non-hydrogen) atoms. The highest BCUT2D eigenvalue weighted by Gasteiger charge is 2.15. The standard InChI is InChI=1S/C24H20Cl2N4O5/c1-14-9-17(4-7-21(14)30(32)33)34-13-18-5-8-22(35-18)24(31)27-23-10-15(2)29(28-23)12-16-3-6-19(25)20(26)11-16/h3-11H,12-13H2,1-2H3,(H,27,28,31). The molecule has 1 N–H and O–H groups in total. The second kappa shape index (κ2) is 10.2. The largest absolute Gasteiger partial charge is 0.486 e. The molecule has 0 spiro atoms. The normalized spacial score (nSPS) is 10.9. The van der Waals surface area contributed by atoms with Gasteiger partial charge in [0.1, 0.15) is 18.1 Å². The molecular formula is C24H20Cl2N4O5. The maximum Gasteiger partial charge on any atom is 0.292 e. The zero-order chi connectivity index (χ0) is 25.1. The van der Waals surface area contributed by atoms with Gasteiger partial charge in [0, 0.05) is 23.4 Å². The van der Waals surface area contributed by atoms with Crippen LogP contribution in [0.25, 0.3) is 0 Å². The van der Waals surface area contributed by atoms with E-state index in [0.717, 1.165) is 11.3 Å². The molecular weight excluding hydrogens is 495 g/mol. The van der Waals surface area contributed by atoms with Crippen LogP contribution in [-0.2, 0) is 13.2 Å². The highest BCUT2D eigenvalue weighted by atomic mass is 35.5. The van der Waals surface area contributed by atoms with E-state index in [-0.39, 0.29) is 18.1 Å². The number of nitro groups is 1. The first kappa shape index (κ1) is 24.3. The number of furan rings is 1. The monoisotopic (exact) mass is 514 g/mol. The molecule has 0 bridgehead atoms. The van der Waals surface area contributed by atoms with Crippen LogP contribution in [0.2, 0.25) is 10.0 Å². The summed E-state index contributed by atoms with van der Waals surface area (Å²) in [5.74, 6) is 0.899. The Hall–Kier alpha value is -3.82. The van der Waals surface area contributed by atoms with Crippen LogP contribution in [0.1, 0.15) is 33.1 Å². The summed E-state index contributed by atoms with van der Waals surface area (Å²) < 4.78 is 12.9. The summed E-state index contributed by atoms with van der Waals surface area (Å²) in [5.41, 5.74) is 2.27. The highest BCUT2D eigenvalue weighted by Crippen LogP contribution is 2.25. The number of rotatable bonds is 8. The van der Waals surface area contributed by atoms with Crippen LogP contribution in [-0.4, -0.2) is 20.6 Å². The van der Waals surface area contributed by atoms with Crippen LogP contribution in [0.4, 0.5) is 11.5 Å². The van der Waals surface area contributed by atoms with Gasteiger partial charge in [0.2, 0.25) is 0 Å². The second-order valence-corrected chi connectivity index (χ2v) is 8.61. The third-order valence-corrected chi connectivity index (χ3v) is 5.91. The predicted molar refractivity (Wildman–Crippen MR) is 131 cm³/mol. The minimum atomic E-state index is -0.457. The first-order valence-electron chi connectivity index (χ1n) is 10.5. The van der Waals surface area contributed by atoms with Crippen LogP contribution in [0.5, 0.6) is 5.75 Å². The maximum absolute atomic E-state index is 12.6. The number of anilines is 1. The van der Waals surface area contributed by atoms with Gasteiger partial charge in [-0.1, -0.05) is 29.3 Å². The van der Waals surface area contributed by atoms with Crippen molar-refractivity contribution in [3.63, 3.8) is 0 Å². The Morgan fingerprint density at radius 3 is 2.63 bits per heavy atom. The molecule has 180 valence electrons. The Labute approximate surface area is 210 Å². The van der Waals surface area contributed by atoms with Gasteiger partial charge in [-0.15, -0.1) is 0 Å². The van der Waals surface area contributed by atoms with Gasteiger partial charge in [-0.25, -0.2) is 0 Å². The number of nitrogens with one attached hydrogen (secondary N) is 1. The number of halogens is 2. The van der Waals surface area contributed by atoms with Gasteiger partial charge in [-0.05, 0) is 55.8 Å². The van der Waals surface area contributed by atoms with Crippen molar-refractivity contribution in [1.82, 2.24) is 9.78 Å². The molecule has 0 atom stereocenters. The van der Waals surface area contributed by atoms with E-state index >= 15 is 0 Å². The van der Waals surface area contributed by atoms with Crippen LogP contribution in [0, 0.1) is 24.0 Å². The lowest BCUT2D eigenvalue weighted by Crippen LogP contribution is -2.12. The Morgan fingerprint density at radius 1 is 1.11 bits per heavy atom. The summed E-state index contributed by atoms with van der Waals surface area (Å²) >= 11 is 12.1. The average Bonchev–Trinajstić information content (AvgIpc) is 3.41. The van der Waals surface area contributed by atoms with Gasteiger partial charge in [-0.3, -0.25) is 19.6 Å². The molecule has 11 heteroatoms. The number of benzene rings is 2. The third kappa shape index (κ3) is 5.82. The van der Waals surface area contributed by atoms with Crippen LogP contribution in [0.15, 0.2) is 59.0 Å². The van der Waals surface area contributed by atoms with Crippen molar-refractivity contribution in [1.29, 1.82) is 0 Å². The molecule has 9 nitrogen and oxygen atoms in total. The van der Waals surface area contributed by atoms with Gasteiger partial charge in [0.25, 0.3) is 11.6 Å². The number of aryl methyl sites for hydroxylation is 2. The number of hydrogen-bond acceptors (Lipinski definition) is 6. The van der Waals surface area contributed by atoms with Crippen molar-refractivity contribution in [2.75, 3.05) is 5.32 Å². The van der Waals surface area contributed by atoms with Crippen molar-refractivity contribution >= 4 is 40.6 Å². The average molecular weight is 515 g/mol. The van der Waals surface area contributed by atoms with Crippen molar-refractivity contribution < 1.29 is 18.9 Å². The SMILES string of the molecule is Cc1cc(OCc2ccc(C(=O)Nc3cc(C)n(Cc4ccc(Cl)c(Cl)c4)n3)o2)ccc1[N+](=O)[O-]. The Morgan fingerprint density at radius 2 is 1.91 bits per heavy atom. The third-order valence-electron chi connectivity index (χ3n) is 5.17. The summed E-state index contributed by atoms with van der Waals surface area (Å²) in [7, 11) is 0. The van der Waals surface area contributed by atoms with Gasteiger partial charge in [-0.2, -0.15) is 5.10 Å². The molecule has 2 aromatic carbocycles. The molecule has 0 saturated heterocycles. The molecule has 4 aromatic rings. The van der Waals surface area contributed by atoms with E-state index in [1.807, 2.05) is 13.0 Å². The summed E-state index contributed by atoms with van der Waals surface area (Å²) in [6, 6.07) is 14.7. The fourth-order valence-corrected chi connectivity index (χ4v) is 3.70. The Bertz CT molecular complexity index is 1410. The van der Waals surface area contributed by atoms with Crippen molar-refractivity contribution in [2.24, 2.45) is 0 Å². The van der Waals surface area contributed by atoms with Crippen LogP contribution in [0.3, 0.4) is 0 Å². The molecule has 0 radical (unpaired) electrons. The lowest BCUT2D eigenvalue weighted by Gasteiger charge is -2.06. The van der Waals surface area contributed by atoms with Gasteiger partial charge >= 0.3 is 0 Å². The molecule has 0 saturated carbocycles. The van der Waals surface area contributed by atoms with Gasteiger partial charge in [0.15, 0.2) is 11.6 Å². The quantitative estimate of drug-likeness (QED) is 0.221. The van der Waals surface area contributed by atoms with Gasteiger partial charge < -0.3 is 14.5 Å². The van der Waals surface area contributed by atoms with Crippen molar-refractivity contribution in [2.45, 2.75) is 27.0 Å². The minimum Gasteiger partial charge on any atom is -0.486 e. The minimum absolute atomic E-state index is 0.0175. The Balaban J connectivity index is 1.36. The topological polar surface area (TPSA) is 112 Å². The molecule has 0 aliphatic carbocycles. The lowest BCUT2D eigenvalue weighted by atomic mass is 10.2. The number of ether oxygens (including phenoxy) is 1. The number of amides is 1. The molecule has 2 aromatic heterocycles. The number of nitrogens with zero attached hydrogens (tertiary/aromatic N) is 3. The van der Waals surface area contributed by atoms with E-state index in [0.29, 0.717) is 39.5 Å². The maximum atomic E-state index is 12.6. The lowest BCUT2D eigenvalue weighted by molar-refractivity contribution is -0.385. The van der Waals surface area contributed by atoms with Crippen LogP contribution < -0.4 is 10.1 Å². The summed E-state index contributed by atoms with van der Waals surface area (Å²) in [5, 5.41) is 19.0. The number of nitro benzene ring substituents is 1. The van der Waals surface area contributed by atoms with E-state index in [1.165, 1.54) is 18.2 Å². The van der Waals surface area contributed by atoms with E-state index in [4.69, 9.17) is 32.4 Å². The summed E-state index contributed by atoms with van der Waals surface area (Å²) in [6.07, 6.45) is 0. The second-order valence-electron chi connectivity index (χ2n) is 7.79. The molecule has 2 heterocycles. The molecule has 0 unspecified atom stereocenters. The van der Waals surface area contributed by atoms with Gasteiger partial charge in [0.05, 0.1) is 21.5 Å². The fraction of sp³-hybridized carbons (Fsp3) is 0.167. The zero-order valence-electron chi connectivity index (χ0n) is 18.7. The van der Waals surface area contributed by atoms with E-state index in [2.05, 4.69) is 10.4 Å².